The standard InChI is InChI=1S/C10H20N2S2/c1-4-8(6-13-3)11-10-12-9(5-2)7-14-10/h8-9H,4-7H2,1-3H3,(H,11,12). The summed E-state index contributed by atoms with van der Waals surface area (Å²) in [6.07, 6.45) is 4.50. The molecule has 4 heteroatoms. The molecule has 1 heterocycles. The fraction of sp³-hybridized carbons (Fsp3) is 0.900. The van der Waals surface area contributed by atoms with Crippen LogP contribution in [0.4, 0.5) is 0 Å². The molecule has 0 aromatic carbocycles. The van der Waals surface area contributed by atoms with Crippen LogP contribution in [0.1, 0.15) is 26.7 Å². The monoisotopic (exact) mass is 232 g/mol. The maximum Gasteiger partial charge on any atom is 0.157 e. The molecule has 1 rings (SSSR count). The van der Waals surface area contributed by atoms with Gasteiger partial charge in [-0.15, -0.1) is 0 Å². The number of nitrogens with one attached hydrogen (secondary N) is 1. The summed E-state index contributed by atoms with van der Waals surface area (Å²) < 4.78 is 0. The van der Waals surface area contributed by atoms with E-state index in [9.17, 15) is 0 Å². The van der Waals surface area contributed by atoms with Crippen LogP contribution in [0.15, 0.2) is 4.99 Å². The highest BCUT2D eigenvalue weighted by Crippen LogP contribution is 2.19. The van der Waals surface area contributed by atoms with Crippen LogP contribution in [-0.2, 0) is 0 Å². The smallest absolute Gasteiger partial charge is 0.157 e. The topological polar surface area (TPSA) is 24.4 Å². The summed E-state index contributed by atoms with van der Waals surface area (Å²) in [4.78, 5) is 4.64. The minimum Gasteiger partial charge on any atom is -0.361 e. The van der Waals surface area contributed by atoms with Crippen molar-refractivity contribution in [1.29, 1.82) is 0 Å². The summed E-state index contributed by atoms with van der Waals surface area (Å²) in [6, 6.07) is 1.14. The Labute approximate surface area is 95.7 Å². The Morgan fingerprint density at radius 3 is 2.93 bits per heavy atom. The van der Waals surface area contributed by atoms with Gasteiger partial charge in [-0.2, -0.15) is 11.8 Å². The molecule has 0 aliphatic carbocycles. The van der Waals surface area contributed by atoms with Crippen molar-refractivity contribution >= 4 is 28.7 Å². The van der Waals surface area contributed by atoms with Gasteiger partial charge >= 0.3 is 0 Å². The van der Waals surface area contributed by atoms with Crippen LogP contribution in [0, 0.1) is 0 Å². The molecule has 2 nitrogen and oxygen atoms in total. The SMILES string of the molecule is CCC1CSC(NC(CC)CSC)=N1. The zero-order chi connectivity index (χ0) is 10.4. The second-order valence-electron chi connectivity index (χ2n) is 3.51. The fourth-order valence-corrected chi connectivity index (χ4v) is 3.20. The Morgan fingerprint density at radius 2 is 2.43 bits per heavy atom. The van der Waals surface area contributed by atoms with Gasteiger partial charge in [-0.3, -0.25) is 4.99 Å². The summed E-state index contributed by atoms with van der Waals surface area (Å²) in [7, 11) is 0. The molecule has 82 valence electrons. The van der Waals surface area contributed by atoms with Gasteiger partial charge < -0.3 is 5.32 Å². The second kappa shape index (κ2) is 6.62. The first kappa shape index (κ1) is 12.2. The van der Waals surface area contributed by atoms with E-state index in [-0.39, 0.29) is 0 Å². The Morgan fingerprint density at radius 1 is 1.64 bits per heavy atom. The first-order valence-electron chi connectivity index (χ1n) is 5.26. The molecule has 0 amide bonds. The van der Waals surface area contributed by atoms with Crippen molar-refractivity contribution in [3.8, 4) is 0 Å². The van der Waals surface area contributed by atoms with Gasteiger partial charge in [0.15, 0.2) is 5.17 Å². The second-order valence-corrected chi connectivity index (χ2v) is 5.43. The van der Waals surface area contributed by atoms with Crippen LogP contribution in [0.3, 0.4) is 0 Å². The van der Waals surface area contributed by atoms with E-state index < -0.39 is 0 Å². The van der Waals surface area contributed by atoms with Gasteiger partial charge in [0.1, 0.15) is 0 Å². The van der Waals surface area contributed by atoms with Crippen molar-refractivity contribution in [1.82, 2.24) is 5.32 Å². The lowest BCUT2D eigenvalue weighted by atomic mass is 10.3. The lowest BCUT2D eigenvalue weighted by Gasteiger charge is -2.15. The highest BCUT2D eigenvalue weighted by Gasteiger charge is 2.18. The first-order valence-corrected chi connectivity index (χ1v) is 7.64. The summed E-state index contributed by atoms with van der Waals surface area (Å²) in [6.45, 7) is 4.43. The fourth-order valence-electron chi connectivity index (χ4n) is 1.34. The van der Waals surface area contributed by atoms with E-state index in [1.165, 1.54) is 12.2 Å². The van der Waals surface area contributed by atoms with Gasteiger partial charge in [0.25, 0.3) is 0 Å². The summed E-state index contributed by atoms with van der Waals surface area (Å²) in [5.74, 6) is 2.33. The van der Waals surface area contributed by atoms with Gasteiger partial charge in [-0.25, -0.2) is 0 Å². The molecular formula is C10H20N2S2. The van der Waals surface area contributed by atoms with Crippen LogP contribution in [-0.4, -0.2) is 35.0 Å². The highest BCUT2D eigenvalue weighted by molar-refractivity contribution is 8.14. The lowest BCUT2D eigenvalue weighted by molar-refractivity contribution is 0.650. The summed E-state index contributed by atoms with van der Waals surface area (Å²) >= 11 is 3.77. The highest BCUT2D eigenvalue weighted by atomic mass is 32.2. The predicted octanol–water partition coefficient (Wildman–Crippen LogP) is 2.60. The summed E-state index contributed by atoms with van der Waals surface area (Å²) in [5, 5.41) is 4.69. The molecular weight excluding hydrogens is 212 g/mol. The Kier molecular flexibility index (Phi) is 5.78. The third-order valence-electron chi connectivity index (χ3n) is 2.37. The van der Waals surface area contributed by atoms with Gasteiger partial charge in [-0.1, -0.05) is 25.6 Å². The van der Waals surface area contributed by atoms with Crippen LogP contribution < -0.4 is 5.32 Å². The maximum atomic E-state index is 4.64. The molecule has 0 saturated heterocycles. The lowest BCUT2D eigenvalue weighted by Crippen LogP contribution is -2.33. The molecule has 0 bridgehead atoms. The molecule has 0 saturated carbocycles. The van der Waals surface area contributed by atoms with E-state index in [2.05, 4.69) is 30.4 Å². The maximum absolute atomic E-state index is 4.64. The molecule has 2 atom stereocenters. The molecule has 0 aromatic heterocycles. The number of nitrogens with zero attached hydrogens (tertiary/aromatic N) is 1. The van der Waals surface area contributed by atoms with Crippen LogP contribution in [0.25, 0.3) is 0 Å². The third-order valence-corrected chi connectivity index (χ3v) is 4.16. The van der Waals surface area contributed by atoms with Crippen molar-refractivity contribution < 1.29 is 0 Å². The number of amidine groups is 1. The molecule has 0 fully saturated rings. The van der Waals surface area contributed by atoms with E-state index in [4.69, 9.17) is 0 Å². The molecule has 0 radical (unpaired) electrons. The zero-order valence-corrected chi connectivity index (χ0v) is 10.9. The van der Waals surface area contributed by atoms with Gasteiger partial charge in [0.2, 0.25) is 0 Å². The minimum absolute atomic E-state index is 0.550. The van der Waals surface area contributed by atoms with Gasteiger partial charge in [0.05, 0.1) is 6.04 Å². The Bertz CT molecular complexity index is 195. The molecule has 1 aliphatic rings. The van der Waals surface area contributed by atoms with Crippen molar-refractivity contribution in [3.63, 3.8) is 0 Å². The molecule has 14 heavy (non-hydrogen) atoms. The molecule has 1 N–H and O–H groups in total. The quantitative estimate of drug-likeness (QED) is 0.788. The molecule has 1 aliphatic heterocycles. The van der Waals surface area contributed by atoms with Crippen LogP contribution in [0.5, 0.6) is 0 Å². The first-order chi connectivity index (χ1) is 6.80. The van der Waals surface area contributed by atoms with Gasteiger partial charge in [-0.05, 0) is 19.1 Å². The molecule has 2 unspecified atom stereocenters. The normalized spacial score (nSPS) is 23.4. The number of thioether (sulfide) groups is 2. The predicted molar refractivity (Wildman–Crippen MR) is 69.6 cm³/mol. The Balaban J connectivity index is 2.35. The number of hydrogen-bond donors (Lipinski definition) is 1. The average Bonchev–Trinajstić information content (AvgIpc) is 2.65. The molecule has 0 spiro atoms. The van der Waals surface area contributed by atoms with E-state index in [1.807, 2.05) is 23.5 Å². The number of rotatable bonds is 5. The van der Waals surface area contributed by atoms with Crippen LogP contribution >= 0.6 is 23.5 Å². The van der Waals surface area contributed by atoms with Crippen molar-refractivity contribution in [2.75, 3.05) is 17.8 Å². The molecule has 0 aromatic rings. The van der Waals surface area contributed by atoms with Crippen molar-refractivity contribution in [2.24, 2.45) is 4.99 Å². The Hall–Kier alpha value is 0.170. The average molecular weight is 232 g/mol. The van der Waals surface area contributed by atoms with Crippen molar-refractivity contribution in [2.45, 2.75) is 38.8 Å². The zero-order valence-electron chi connectivity index (χ0n) is 9.25. The van der Waals surface area contributed by atoms with E-state index in [1.54, 1.807) is 0 Å². The van der Waals surface area contributed by atoms with E-state index in [0.717, 1.165) is 17.3 Å². The minimum atomic E-state index is 0.550. The van der Waals surface area contributed by atoms with Crippen molar-refractivity contribution in [3.05, 3.63) is 0 Å². The number of hydrogen-bond acceptors (Lipinski definition) is 4. The third kappa shape index (κ3) is 3.73. The van der Waals surface area contributed by atoms with Gasteiger partial charge in [0, 0.05) is 17.5 Å². The van der Waals surface area contributed by atoms with E-state index in [0.29, 0.717) is 12.1 Å². The largest absolute Gasteiger partial charge is 0.361 e. The van der Waals surface area contributed by atoms with E-state index >= 15 is 0 Å². The van der Waals surface area contributed by atoms with Crippen LogP contribution in [0.2, 0.25) is 0 Å². The summed E-state index contributed by atoms with van der Waals surface area (Å²) in [5.41, 5.74) is 0. The number of aliphatic imine (C=N–C) groups is 1.